The third-order valence-corrected chi connectivity index (χ3v) is 4.27. The van der Waals surface area contributed by atoms with Gasteiger partial charge in [-0.2, -0.15) is 0 Å². The van der Waals surface area contributed by atoms with Gasteiger partial charge in [0.1, 0.15) is 11.6 Å². The highest BCUT2D eigenvalue weighted by Crippen LogP contribution is 2.22. The fourth-order valence-corrected chi connectivity index (χ4v) is 2.50. The molecule has 0 radical (unpaired) electrons. The Morgan fingerprint density at radius 1 is 1.19 bits per heavy atom. The molecule has 0 aliphatic rings. The molecule has 2 aromatic carbocycles. The van der Waals surface area contributed by atoms with Crippen LogP contribution in [0.1, 0.15) is 17.5 Å². The molecular formula is C19H21ClF2N4O. The van der Waals surface area contributed by atoms with E-state index in [1.54, 1.807) is 25.2 Å². The fourth-order valence-electron chi connectivity index (χ4n) is 2.33. The van der Waals surface area contributed by atoms with Crippen molar-refractivity contribution in [2.75, 3.05) is 18.9 Å². The normalized spacial score (nSPS) is 11.2. The summed E-state index contributed by atoms with van der Waals surface area (Å²) in [4.78, 5) is 16.1. The summed E-state index contributed by atoms with van der Waals surface area (Å²) in [6.07, 6.45) is 0.195. The fraction of sp³-hybridized carbons (Fsp3) is 0.263. The van der Waals surface area contributed by atoms with Crippen molar-refractivity contribution in [2.24, 2.45) is 4.99 Å². The van der Waals surface area contributed by atoms with Crippen molar-refractivity contribution >= 4 is 29.2 Å². The maximum atomic E-state index is 13.6. The number of guanidine groups is 1. The number of carbonyl (C=O) groups is 1. The number of rotatable bonds is 6. The lowest BCUT2D eigenvalue weighted by molar-refractivity contribution is -0.116. The van der Waals surface area contributed by atoms with Crippen LogP contribution in [0.25, 0.3) is 0 Å². The second kappa shape index (κ2) is 9.87. The molecule has 0 unspecified atom stereocenters. The number of aliphatic imine (C=N–C) groups is 1. The lowest BCUT2D eigenvalue weighted by Gasteiger charge is -2.13. The Hall–Kier alpha value is -2.67. The smallest absolute Gasteiger partial charge is 0.226 e. The van der Waals surface area contributed by atoms with E-state index in [0.29, 0.717) is 23.2 Å². The van der Waals surface area contributed by atoms with Crippen LogP contribution in [0.4, 0.5) is 14.5 Å². The van der Waals surface area contributed by atoms with Gasteiger partial charge in [0, 0.05) is 42.8 Å². The summed E-state index contributed by atoms with van der Waals surface area (Å²) in [6, 6.07) is 8.56. The summed E-state index contributed by atoms with van der Waals surface area (Å²) in [5.41, 5.74) is 1.65. The third kappa shape index (κ3) is 6.21. The van der Waals surface area contributed by atoms with Gasteiger partial charge in [-0.05, 0) is 42.8 Å². The molecule has 5 nitrogen and oxygen atoms in total. The molecule has 2 aromatic rings. The molecule has 3 N–H and O–H groups in total. The first-order valence-electron chi connectivity index (χ1n) is 8.34. The summed E-state index contributed by atoms with van der Waals surface area (Å²) >= 11 is 6.03. The van der Waals surface area contributed by atoms with Crippen LogP contribution in [-0.2, 0) is 11.3 Å². The Morgan fingerprint density at radius 2 is 1.96 bits per heavy atom. The van der Waals surface area contributed by atoms with Crippen LogP contribution in [0.5, 0.6) is 0 Å². The van der Waals surface area contributed by atoms with Gasteiger partial charge in [0.25, 0.3) is 0 Å². The SMILES string of the molecule is CN=C(NCCC(=O)Nc1cccc(Cl)c1C)NCc1cc(F)ccc1F. The standard InChI is InChI=1S/C19H21ClF2N4O/c1-12-15(20)4-3-5-17(12)26-18(27)8-9-24-19(23-2)25-11-13-10-14(21)6-7-16(13)22/h3-7,10H,8-9,11H2,1-2H3,(H,26,27)(H2,23,24,25). The highest BCUT2D eigenvalue weighted by Gasteiger charge is 2.08. The average Bonchev–Trinajstić information content (AvgIpc) is 2.64. The predicted octanol–water partition coefficient (Wildman–Crippen LogP) is 3.62. The van der Waals surface area contributed by atoms with Crippen molar-refractivity contribution in [3.8, 4) is 0 Å². The Labute approximate surface area is 161 Å². The number of hydrogen-bond donors (Lipinski definition) is 3. The first-order valence-corrected chi connectivity index (χ1v) is 8.72. The van der Waals surface area contributed by atoms with Gasteiger partial charge in [0.05, 0.1) is 0 Å². The lowest BCUT2D eigenvalue weighted by atomic mass is 10.2. The zero-order valence-corrected chi connectivity index (χ0v) is 15.8. The minimum atomic E-state index is -0.510. The second-order valence-electron chi connectivity index (χ2n) is 5.80. The number of amides is 1. The zero-order chi connectivity index (χ0) is 19.8. The lowest BCUT2D eigenvalue weighted by Crippen LogP contribution is -2.38. The van der Waals surface area contributed by atoms with E-state index in [9.17, 15) is 13.6 Å². The van der Waals surface area contributed by atoms with Crippen molar-refractivity contribution < 1.29 is 13.6 Å². The van der Waals surface area contributed by atoms with Crippen LogP contribution >= 0.6 is 11.6 Å². The second-order valence-corrected chi connectivity index (χ2v) is 6.21. The highest BCUT2D eigenvalue weighted by molar-refractivity contribution is 6.31. The quantitative estimate of drug-likeness (QED) is 0.518. The summed E-state index contributed by atoms with van der Waals surface area (Å²) < 4.78 is 26.8. The molecule has 0 bridgehead atoms. The van der Waals surface area contributed by atoms with Gasteiger partial charge in [-0.25, -0.2) is 8.78 Å². The molecule has 0 saturated carbocycles. The van der Waals surface area contributed by atoms with E-state index in [1.807, 2.05) is 6.92 Å². The van der Waals surface area contributed by atoms with Gasteiger partial charge in [-0.15, -0.1) is 0 Å². The molecule has 1 amide bonds. The molecule has 144 valence electrons. The molecule has 0 fully saturated rings. The minimum Gasteiger partial charge on any atom is -0.356 e. The minimum absolute atomic E-state index is 0.0666. The number of nitrogens with one attached hydrogen (secondary N) is 3. The van der Waals surface area contributed by atoms with Crippen molar-refractivity contribution in [3.05, 3.63) is 64.2 Å². The number of carbonyl (C=O) groups excluding carboxylic acids is 1. The van der Waals surface area contributed by atoms with Crippen molar-refractivity contribution in [1.29, 1.82) is 0 Å². The van der Waals surface area contributed by atoms with E-state index in [1.165, 1.54) is 0 Å². The first kappa shape index (κ1) is 20.6. The van der Waals surface area contributed by atoms with E-state index in [0.717, 1.165) is 23.8 Å². The molecule has 0 saturated heterocycles. The predicted molar refractivity (Wildman–Crippen MR) is 104 cm³/mol. The summed E-state index contributed by atoms with van der Waals surface area (Å²) in [7, 11) is 1.55. The molecule has 0 aromatic heterocycles. The van der Waals surface area contributed by atoms with Crippen molar-refractivity contribution in [3.63, 3.8) is 0 Å². The van der Waals surface area contributed by atoms with E-state index in [4.69, 9.17) is 11.6 Å². The van der Waals surface area contributed by atoms with Gasteiger partial charge < -0.3 is 16.0 Å². The number of nitrogens with zero attached hydrogens (tertiary/aromatic N) is 1. The monoisotopic (exact) mass is 394 g/mol. The van der Waals surface area contributed by atoms with Gasteiger partial charge in [0.15, 0.2) is 5.96 Å². The Morgan fingerprint density at radius 3 is 2.70 bits per heavy atom. The Bertz CT molecular complexity index is 842. The van der Waals surface area contributed by atoms with Crippen LogP contribution in [0.3, 0.4) is 0 Å². The number of benzene rings is 2. The van der Waals surface area contributed by atoms with E-state index >= 15 is 0 Å². The third-order valence-electron chi connectivity index (χ3n) is 3.86. The highest BCUT2D eigenvalue weighted by atomic mass is 35.5. The number of halogens is 3. The molecule has 0 atom stereocenters. The average molecular weight is 395 g/mol. The van der Waals surface area contributed by atoms with Gasteiger partial charge in [-0.3, -0.25) is 9.79 Å². The van der Waals surface area contributed by atoms with Crippen LogP contribution < -0.4 is 16.0 Å². The summed E-state index contributed by atoms with van der Waals surface area (Å²) in [6.45, 7) is 2.21. The maximum Gasteiger partial charge on any atom is 0.226 e. The Kier molecular flexibility index (Phi) is 7.55. The van der Waals surface area contributed by atoms with Gasteiger partial charge in [0.2, 0.25) is 5.91 Å². The molecule has 2 rings (SSSR count). The topological polar surface area (TPSA) is 65.5 Å². The molecule has 27 heavy (non-hydrogen) atoms. The van der Waals surface area contributed by atoms with Gasteiger partial charge >= 0.3 is 0 Å². The molecule has 0 heterocycles. The number of hydrogen-bond acceptors (Lipinski definition) is 2. The molecular weight excluding hydrogens is 374 g/mol. The summed E-state index contributed by atoms with van der Waals surface area (Å²) in [5.74, 6) is -0.815. The van der Waals surface area contributed by atoms with Crippen molar-refractivity contribution in [2.45, 2.75) is 19.9 Å². The van der Waals surface area contributed by atoms with Gasteiger partial charge in [-0.1, -0.05) is 17.7 Å². The van der Waals surface area contributed by atoms with Crippen LogP contribution in [0, 0.1) is 18.6 Å². The molecule has 0 aliphatic heterocycles. The largest absolute Gasteiger partial charge is 0.356 e. The van der Waals surface area contributed by atoms with Crippen LogP contribution in [0.2, 0.25) is 5.02 Å². The van der Waals surface area contributed by atoms with Crippen LogP contribution in [0.15, 0.2) is 41.4 Å². The Balaban J connectivity index is 1.79. The molecule has 0 aliphatic carbocycles. The van der Waals surface area contributed by atoms with E-state index in [2.05, 4.69) is 20.9 Å². The maximum absolute atomic E-state index is 13.6. The number of anilines is 1. The van der Waals surface area contributed by atoms with E-state index < -0.39 is 11.6 Å². The van der Waals surface area contributed by atoms with Crippen LogP contribution in [-0.4, -0.2) is 25.5 Å². The van der Waals surface area contributed by atoms with E-state index in [-0.39, 0.29) is 24.4 Å². The zero-order valence-electron chi connectivity index (χ0n) is 15.1. The first-order chi connectivity index (χ1) is 12.9. The molecule has 0 spiro atoms. The summed E-state index contributed by atoms with van der Waals surface area (Å²) in [5, 5.41) is 9.21. The molecule has 8 heteroatoms. The van der Waals surface area contributed by atoms with Crippen molar-refractivity contribution in [1.82, 2.24) is 10.6 Å².